The molecule has 0 radical (unpaired) electrons. The minimum atomic E-state index is -4.50. The molecule has 1 N–H and O–H groups in total. The van der Waals surface area contributed by atoms with E-state index >= 15 is 0 Å². The van der Waals surface area contributed by atoms with Crippen molar-refractivity contribution in [3.63, 3.8) is 0 Å². The van der Waals surface area contributed by atoms with Crippen LogP contribution in [-0.2, 0) is 22.6 Å². The van der Waals surface area contributed by atoms with Gasteiger partial charge in [0.2, 0.25) is 10.0 Å². The average molecular weight is 433 g/mol. The summed E-state index contributed by atoms with van der Waals surface area (Å²) in [6.45, 7) is 1.84. The summed E-state index contributed by atoms with van der Waals surface area (Å²) in [4.78, 5) is 0.0739. The predicted molar refractivity (Wildman–Crippen MR) is 110 cm³/mol. The van der Waals surface area contributed by atoms with Gasteiger partial charge in [-0.15, -0.1) is 0 Å². The highest BCUT2D eigenvalue weighted by Gasteiger charge is 2.31. The monoisotopic (exact) mass is 433 g/mol. The maximum atomic E-state index is 13.2. The van der Waals surface area contributed by atoms with Crippen LogP contribution in [0.2, 0.25) is 0 Å². The molecule has 0 heterocycles. The fourth-order valence-electron chi connectivity index (χ4n) is 3.15. The Morgan fingerprint density at radius 1 is 0.900 bits per heavy atom. The highest BCUT2D eigenvalue weighted by molar-refractivity contribution is 7.89. The lowest BCUT2D eigenvalue weighted by molar-refractivity contribution is -0.137. The van der Waals surface area contributed by atoms with Gasteiger partial charge in [0.15, 0.2) is 0 Å². The van der Waals surface area contributed by atoms with Crippen LogP contribution >= 0.6 is 0 Å². The maximum absolute atomic E-state index is 13.2. The minimum Gasteiger partial charge on any atom is -0.207 e. The van der Waals surface area contributed by atoms with Crippen molar-refractivity contribution in [1.82, 2.24) is 4.72 Å². The summed E-state index contributed by atoms with van der Waals surface area (Å²) in [5.41, 5.74) is 1.35. The summed E-state index contributed by atoms with van der Waals surface area (Å²) in [7, 11) is -3.91. The highest BCUT2D eigenvalue weighted by Crippen LogP contribution is 2.32. The van der Waals surface area contributed by atoms with Gasteiger partial charge in [-0.05, 0) is 55.2 Å². The standard InChI is InChI=1S/C23H22F3NO2S/c1-17-10-13-21(14-11-17)30(28,29)27-22(15-12-18-6-3-2-4-7-18)19-8-5-9-20(16-19)23(24,25)26/h2-11,13-14,16,22,27H,12,15H2,1H3. The van der Waals surface area contributed by atoms with E-state index in [2.05, 4.69) is 4.72 Å². The molecule has 158 valence electrons. The van der Waals surface area contributed by atoms with E-state index in [1.807, 2.05) is 37.3 Å². The molecule has 0 aliphatic heterocycles. The Kier molecular flexibility index (Phi) is 6.63. The molecular formula is C23H22F3NO2S. The van der Waals surface area contributed by atoms with Crippen LogP contribution in [0.3, 0.4) is 0 Å². The molecule has 3 nitrogen and oxygen atoms in total. The number of benzene rings is 3. The van der Waals surface area contributed by atoms with Gasteiger partial charge in [-0.25, -0.2) is 13.1 Å². The Balaban J connectivity index is 1.92. The minimum absolute atomic E-state index is 0.0739. The second kappa shape index (κ2) is 9.02. The number of halogens is 3. The van der Waals surface area contributed by atoms with Crippen molar-refractivity contribution in [3.05, 3.63) is 101 Å². The quantitative estimate of drug-likeness (QED) is 0.522. The maximum Gasteiger partial charge on any atom is 0.416 e. The Bertz CT molecular complexity index is 1080. The molecule has 0 aliphatic carbocycles. The van der Waals surface area contributed by atoms with Gasteiger partial charge in [0.25, 0.3) is 0 Å². The normalized spacial score (nSPS) is 13.2. The third-order valence-corrected chi connectivity index (χ3v) is 6.30. The number of alkyl halides is 3. The number of hydrogen-bond donors (Lipinski definition) is 1. The largest absolute Gasteiger partial charge is 0.416 e. The van der Waals surface area contributed by atoms with Crippen molar-refractivity contribution in [3.8, 4) is 0 Å². The molecule has 3 aromatic carbocycles. The second-order valence-corrected chi connectivity index (χ2v) is 8.85. The van der Waals surface area contributed by atoms with E-state index in [4.69, 9.17) is 0 Å². The van der Waals surface area contributed by atoms with E-state index in [0.717, 1.165) is 23.3 Å². The topological polar surface area (TPSA) is 46.2 Å². The van der Waals surface area contributed by atoms with Gasteiger partial charge in [-0.1, -0.05) is 60.2 Å². The summed E-state index contributed by atoms with van der Waals surface area (Å²) < 4.78 is 67.9. The Morgan fingerprint density at radius 3 is 2.20 bits per heavy atom. The van der Waals surface area contributed by atoms with Gasteiger partial charge in [0.1, 0.15) is 0 Å². The van der Waals surface area contributed by atoms with Crippen molar-refractivity contribution in [2.45, 2.75) is 36.9 Å². The molecule has 1 unspecified atom stereocenters. The lowest BCUT2D eigenvalue weighted by Gasteiger charge is -2.21. The van der Waals surface area contributed by atoms with Gasteiger partial charge >= 0.3 is 6.18 Å². The molecule has 0 aromatic heterocycles. The van der Waals surface area contributed by atoms with Crippen LogP contribution in [0.15, 0.2) is 83.8 Å². The first kappa shape index (κ1) is 22.1. The van der Waals surface area contributed by atoms with E-state index < -0.39 is 27.8 Å². The van der Waals surface area contributed by atoms with Crippen LogP contribution < -0.4 is 4.72 Å². The van der Waals surface area contributed by atoms with Crippen molar-refractivity contribution in [2.75, 3.05) is 0 Å². The summed E-state index contributed by atoms with van der Waals surface area (Å²) in [5.74, 6) is 0. The second-order valence-electron chi connectivity index (χ2n) is 7.13. The zero-order chi connectivity index (χ0) is 21.8. The Hall–Kier alpha value is -2.64. The predicted octanol–water partition coefficient (Wildman–Crippen LogP) is 5.67. The molecule has 3 rings (SSSR count). The van der Waals surface area contributed by atoms with E-state index in [1.54, 1.807) is 12.1 Å². The zero-order valence-electron chi connectivity index (χ0n) is 16.4. The molecule has 1 atom stereocenters. The lowest BCUT2D eigenvalue weighted by atomic mass is 9.98. The molecular weight excluding hydrogens is 411 g/mol. The average Bonchev–Trinajstić information content (AvgIpc) is 2.71. The fraction of sp³-hybridized carbons (Fsp3) is 0.217. The lowest BCUT2D eigenvalue weighted by Crippen LogP contribution is -2.29. The van der Waals surface area contributed by atoms with E-state index in [9.17, 15) is 21.6 Å². The summed E-state index contributed by atoms with van der Waals surface area (Å²) in [6.07, 6.45) is -3.68. The first-order chi connectivity index (χ1) is 14.1. The number of hydrogen-bond acceptors (Lipinski definition) is 2. The van der Waals surface area contributed by atoms with Crippen LogP contribution in [0.5, 0.6) is 0 Å². The number of rotatable bonds is 7. The molecule has 0 fully saturated rings. The molecule has 0 bridgehead atoms. The van der Waals surface area contributed by atoms with Crippen molar-refractivity contribution in [2.24, 2.45) is 0 Å². The highest BCUT2D eigenvalue weighted by atomic mass is 32.2. The van der Waals surface area contributed by atoms with Gasteiger partial charge in [-0.3, -0.25) is 0 Å². The molecule has 30 heavy (non-hydrogen) atoms. The van der Waals surface area contributed by atoms with Gasteiger partial charge < -0.3 is 0 Å². The molecule has 0 saturated heterocycles. The molecule has 0 aliphatic rings. The fourth-order valence-corrected chi connectivity index (χ4v) is 4.41. The Labute approximate surface area is 174 Å². The third-order valence-electron chi connectivity index (χ3n) is 4.81. The smallest absolute Gasteiger partial charge is 0.207 e. The van der Waals surface area contributed by atoms with Crippen molar-refractivity contribution >= 4 is 10.0 Å². The SMILES string of the molecule is Cc1ccc(S(=O)(=O)NC(CCc2ccccc2)c2cccc(C(F)(F)F)c2)cc1. The molecule has 0 spiro atoms. The van der Waals surface area contributed by atoms with E-state index in [0.29, 0.717) is 12.8 Å². The van der Waals surface area contributed by atoms with E-state index in [1.165, 1.54) is 24.3 Å². The molecule has 7 heteroatoms. The molecule has 0 saturated carbocycles. The van der Waals surface area contributed by atoms with Gasteiger partial charge in [0.05, 0.1) is 10.5 Å². The number of nitrogens with one attached hydrogen (secondary N) is 1. The number of aryl methyl sites for hydroxylation is 2. The zero-order valence-corrected chi connectivity index (χ0v) is 17.2. The van der Waals surface area contributed by atoms with Gasteiger partial charge in [-0.2, -0.15) is 13.2 Å². The van der Waals surface area contributed by atoms with Gasteiger partial charge in [0, 0.05) is 6.04 Å². The van der Waals surface area contributed by atoms with Crippen LogP contribution in [0, 0.1) is 6.92 Å². The Morgan fingerprint density at radius 2 is 1.57 bits per heavy atom. The first-order valence-corrected chi connectivity index (χ1v) is 10.9. The van der Waals surface area contributed by atoms with Crippen LogP contribution in [0.25, 0.3) is 0 Å². The van der Waals surface area contributed by atoms with Crippen molar-refractivity contribution in [1.29, 1.82) is 0 Å². The number of sulfonamides is 1. The van der Waals surface area contributed by atoms with Crippen LogP contribution in [-0.4, -0.2) is 8.42 Å². The van der Waals surface area contributed by atoms with Crippen LogP contribution in [0.1, 0.15) is 34.7 Å². The summed E-state index contributed by atoms with van der Waals surface area (Å²) in [5, 5.41) is 0. The van der Waals surface area contributed by atoms with Crippen molar-refractivity contribution < 1.29 is 21.6 Å². The molecule has 3 aromatic rings. The molecule has 0 amide bonds. The third kappa shape index (κ3) is 5.70. The summed E-state index contributed by atoms with van der Waals surface area (Å²) in [6, 6.07) is 19.7. The van der Waals surface area contributed by atoms with Crippen LogP contribution in [0.4, 0.5) is 13.2 Å². The first-order valence-electron chi connectivity index (χ1n) is 9.45. The van der Waals surface area contributed by atoms with E-state index in [-0.39, 0.29) is 10.5 Å². The summed E-state index contributed by atoms with van der Waals surface area (Å²) >= 11 is 0.